The summed E-state index contributed by atoms with van der Waals surface area (Å²) in [6.45, 7) is 4.59. The van der Waals surface area contributed by atoms with Crippen molar-refractivity contribution in [2.75, 3.05) is 19.1 Å². The lowest BCUT2D eigenvalue weighted by atomic mass is 9.44. The molecule has 35 heavy (non-hydrogen) atoms. The molecule has 6 rings (SSSR count). The smallest absolute Gasteiger partial charge is 0.226 e. The first-order valence-electron chi connectivity index (χ1n) is 12.6. The fraction of sp³-hybridized carbons (Fsp3) is 0.769. The molecule has 0 aromatic rings. The van der Waals surface area contributed by atoms with Crippen molar-refractivity contribution in [3.05, 3.63) is 23.8 Å². The molecule has 1 saturated heterocycles. The Kier molecular flexibility index (Phi) is 5.31. The van der Waals surface area contributed by atoms with Gasteiger partial charge in [0, 0.05) is 35.8 Å². The van der Waals surface area contributed by atoms with Gasteiger partial charge >= 0.3 is 0 Å². The van der Waals surface area contributed by atoms with Gasteiger partial charge in [0.05, 0.1) is 6.10 Å². The minimum absolute atomic E-state index is 0.0569. The first-order chi connectivity index (χ1) is 16.5. The summed E-state index contributed by atoms with van der Waals surface area (Å²) in [5, 5.41) is 12.9. The molecule has 5 aliphatic carbocycles. The van der Waals surface area contributed by atoms with E-state index in [1.807, 2.05) is 12.0 Å². The number of allylic oxidation sites excluding steroid dienone is 4. The molecule has 0 spiro atoms. The number of aliphatic hydroxyl groups excluding tert-OH is 1. The van der Waals surface area contributed by atoms with Crippen molar-refractivity contribution in [3.63, 3.8) is 0 Å². The van der Waals surface area contributed by atoms with Crippen LogP contribution in [0, 0.1) is 34.5 Å². The lowest BCUT2D eigenvalue weighted by molar-refractivity contribution is -0.264. The van der Waals surface area contributed by atoms with Crippen molar-refractivity contribution in [1.82, 2.24) is 5.06 Å². The van der Waals surface area contributed by atoms with Crippen LogP contribution < -0.4 is 0 Å². The van der Waals surface area contributed by atoms with Crippen LogP contribution in [0.15, 0.2) is 23.8 Å². The first kappa shape index (κ1) is 24.2. The molecule has 4 saturated carbocycles. The number of hydrogen-bond donors (Lipinski definition) is 1. The van der Waals surface area contributed by atoms with Gasteiger partial charge in [0.25, 0.3) is 0 Å². The van der Waals surface area contributed by atoms with Crippen LogP contribution in [0.1, 0.15) is 46.0 Å². The van der Waals surface area contributed by atoms with Crippen molar-refractivity contribution in [2.45, 2.75) is 69.5 Å². The zero-order valence-electron chi connectivity index (χ0n) is 20.0. The number of hydrogen-bond acceptors (Lipinski definition) is 6. The number of halogens is 3. The van der Waals surface area contributed by atoms with Gasteiger partial charge in [-0.25, -0.2) is 13.2 Å². The summed E-state index contributed by atoms with van der Waals surface area (Å²) in [5.41, 5.74) is -5.96. The predicted octanol–water partition coefficient (Wildman–Crippen LogP) is 4.11. The Morgan fingerprint density at radius 1 is 1.29 bits per heavy atom. The number of fused-ring (bicyclic) bond motifs is 7. The van der Waals surface area contributed by atoms with E-state index in [0.717, 1.165) is 12.8 Å². The standard InChI is InChI=1S/C26H32F3NO4S/c1-23-6-5-16(31)8-19(23)20(28)9-18-17-7-15-12-30(11-14-3-4-14)34-26(15,22(33)35-13-27)24(17,2)10-21(32)25(18,23)29/h5-6,8,14-15,17-18,20-21,32H,3-4,7,9-13H2,1-2H3/t15-,17-,18-,20-,21-,23-,24-,25-,26-/m0/s1. The van der Waals surface area contributed by atoms with Crippen molar-refractivity contribution in [3.8, 4) is 0 Å². The topological polar surface area (TPSA) is 66.8 Å². The molecule has 192 valence electrons. The summed E-state index contributed by atoms with van der Waals surface area (Å²) >= 11 is 0.570. The maximum Gasteiger partial charge on any atom is 0.226 e. The van der Waals surface area contributed by atoms with Gasteiger partial charge in [-0.2, -0.15) is 5.06 Å². The van der Waals surface area contributed by atoms with Gasteiger partial charge in [-0.1, -0.05) is 24.8 Å². The summed E-state index contributed by atoms with van der Waals surface area (Å²) in [6.07, 6.45) is 3.25. The molecule has 9 heteroatoms. The molecule has 0 aromatic heterocycles. The van der Waals surface area contributed by atoms with Crippen LogP contribution in [-0.4, -0.2) is 63.7 Å². The van der Waals surface area contributed by atoms with E-state index in [2.05, 4.69) is 0 Å². The van der Waals surface area contributed by atoms with Gasteiger partial charge in [-0.05, 0) is 68.6 Å². The van der Waals surface area contributed by atoms with Crippen LogP contribution in [0.4, 0.5) is 13.2 Å². The highest BCUT2D eigenvalue weighted by Crippen LogP contribution is 2.73. The predicted molar refractivity (Wildman–Crippen MR) is 124 cm³/mol. The highest BCUT2D eigenvalue weighted by Gasteiger charge is 2.79. The molecule has 0 unspecified atom stereocenters. The monoisotopic (exact) mass is 511 g/mol. The molecule has 6 aliphatic rings. The third-order valence-corrected chi connectivity index (χ3v) is 11.0. The second kappa shape index (κ2) is 7.68. The summed E-state index contributed by atoms with van der Waals surface area (Å²) in [4.78, 5) is 32.0. The maximum atomic E-state index is 17.3. The molecule has 5 fully saturated rings. The van der Waals surface area contributed by atoms with E-state index >= 15 is 8.78 Å². The van der Waals surface area contributed by atoms with Gasteiger partial charge in [-0.3, -0.25) is 14.4 Å². The third-order valence-electron chi connectivity index (χ3n) is 10.3. The molecule has 5 nitrogen and oxygen atoms in total. The summed E-state index contributed by atoms with van der Waals surface area (Å²) < 4.78 is 46.3. The van der Waals surface area contributed by atoms with E-state index in [4.69, 9.17) is 4.84 Å². The van der Waals surface area contributed by atoms with Gasteiger partial charge in [0.1, 0.15) is 12.2 Å². The number of rotatable bonds is 4. The molecule has 0 aromatic carbocycles. The minimum Gasteiger partial charge on any atom is -0.390 e. The van der Waals surface area contributed by atoms with E-state index < -0.39 is 57.3 Å². The fourth-order valence-corrected chi connectivity index (χ4v) is 9.27. The quantitative estimate of drug-likeness (QED) is 0.613. The van der Waals surface area contributed by atoms with Crippen LogP contribution >= 0.6 is 11.8 Å². The number of nitrogens with zero attached hydrogens (tertiary/aromatic N) is 1. The normalized spacial score (nSPS) is 50.9. The molecule has 1 N–H and O–H groups in total. The van der Waals surface area contributed by atoms with Crippen LogP contribution in [0.5, 0.6) is 0 Å². The van der Waals surface area contributed by atoms with Crippen molar-refractivity contribution >= 4 is 22.7 Å². The van der Waals surface area contributed by atoms with Crippen LogP contribution in [-0.2, 0) is 14.4 Å². The number of hydroxylamine groups is 2. The lowest BCUT2D eigenvalue weighted by Gasteiger charge is -2.63. The molecule has 1 aliphatic heterocycles. The minimum atomic E-state index is -2.20. The number of carbonyl (C=O) groups excluding carboxylic acids is 2. The number of aliphatic hydroxyl groups is 1. The number of alkyl halides is 3. The highest BCUT2D eigenvalue weighted by molar-refractivity contribution is 8.13. The Morgan fingerprint density at radius 3 is 2.71 bits per heavy atom. The van der Waals surface area contributed by atoms with Crippen molar-refractivity contribution in [1.29, 1.82) is 0 Å². The molecule has 0 radical (unpaired) electrons. The van der Waals surface area contributed by atoms with Gasteiger partial charge in [0.15, 0.2) is 17.1 Å². The Hall–Kier alpha value is -1.16. The fourth-order valence-electron chi connectivity index (χ4n) is 8.52. The largest absolute Gasteiger partial charge is 0.390 e. The molecule has 9 atom stereocenters. The Labute approximate surface area is 207 Å². The maximum absolute atomic E-state index is 17.3. The Balaban J connectivity index is 1.43. The average molecular weight is 512 g/mol. The second-order valence-electron chi connectivity index (χ2n) is 12.0. The van der Waals surface area contributed by atoms with Gasteiger partial charge < -0.3 is 5.11 Å². The summed E-state index contributed by atoms with van der Waals surface area (Å²) in [6, 6.07) is -0.892. The molecular weight excluding hydrogens is 479 g/mol. The van der Waals surface area contributed by atoms with E-state index in [-0.39, 0.29) is 30.1 Å². The third kappa shape index (κ3) is 2.95. The zero-order valence-corrected chi connectivity index (χ0v) is 20.8. The van der Waals surface area contributed by atoms with E-state index in [9.17, 15) is 19.1 Å². The van der Waals surface area contributed by atoms with Gasteiger partial charge in [0.2, 0.25) is 5.12 Å². The molecule has 1 heterocycles. The number of carbonyl (C=O) groups is 2. The van der Waals surface area contributed by atoms with Crippen molar-refractivity contribution < 1.29 is 32.7 Å². The first-order valence-corrected chi connectivity index (χ1v) is 13.6. The zero-order chi connectivity index (χ0) is 25.0. The lowest BCUT2D eigenvalue weighted by Crippen LogP contribution is -2.70. The number of thioether (sulfide) groups is 1. The average Bonchev–Trinajstić information content (AvgIpc) is 3.48. The Morgan fingerprint density at radius 2 is 2.03 bits per heavy atom. The molecule has 0 amide bonds. The van der Waals surface area contributed by atoms with Gasteiger partial charge in [-0.15, -0.1) is 0 Å². The number of ketones is 1. The van der Waals surface area contributed by atoms with Crippen LogP contribution in [0.25, 0.3) is 0 Å². The Bertz CT molecular complexity index is 1030. The van der Waals surface area contributed by atoms with Crippen LogP contribution in [0.3, 0.4) is 0 Å². The molecule has 0 bridgehead atoms. The van der Waals surface area contributed by atoms with Crippen LogP contribution in [0.2, 0.25) is 0 Å². The van der Waals surface area contributed by atoms with Crippen molar-refractivity contribution in [2.24, 2.45) is 34.5 Å². The SMILES string of the molecule is C[C@]12C=CC(=O)C=C1[C@@H](F)C[C@H]1[C@@H]3C[C@H]4CN(CC5CC5)O[C@@]4(C(=O)SCF)[C@@]3(C)C[C@H](O)[C@@]12F. The highest BCUT2D eigenvalue weighted by atomic mass is 32.2. The van der Waals surface area contributed by atoms with E-state index in [1.54, 1.807) is 6.92 Å². The molecular formula is C26H32F3NO4S. The summed E-state index contributed by atoms with van der Waals surface area (Å²) in [7, 11) is 0. The van der Waals surface area contributed by atoms with E-state index in [1.165, 1.54) is 18.2 Å². The second-order valence-corrected chi connectivity index (χ2v) is 12.8. The summed E-state index contributed by atoms with van der Waals surface area (Å²) in [5.74, 6) is -1.47. The van der Waals surface area contributed by atoms with E-state index in [0.29, 0.717) is 37.2 Å².